The lowest BCUT2D eigenvalue weighted by Crippen LogP contribution is -2.45. The second-order valence-electron chi connectivity index (χ2n) is 8.60. The minimum atomic E-state index is -1.27. The van der Waals surface area contributed by atoms with Gasteiger partial charge in [-0.25, -0.2) is 4.79 Å². The molecule has 1 aromatic rings. The first-order valence-corrected chi connectivity index (χ1v) is 10.5. The molecule has 0 aliphatic carbocycles. The summed E-state index contributed by atoms with van der Waals surface area (Å²) in [4.78, 5) is 38.9. The number of rotatable bonds is 8. The Kier molecular flexibility index (Phi) is 6.53. The van der Waals surface area contributed by atoms with E-state index in [0.29, 0.717) is 36.2 Å². The number of hydrogen-bond donors (Lipinski definition) is 2. The zero-order valence-corrected chi connectivity index (χ0v) is 18.1. The molecule has 30 heavy (non-hydrogen) atoms. The van der Waals surface area contributed by atoms with Crippen LogP contribution in [0.15, 0.2) is 18.2 Å². The third kappa shape index (κ3) is 4.68. The van der Waals surface area contributed by atoms with Crippen molar-refractivity contribution in [3.8, 4) is 11.5 Å². The van der Waals surface area contributed by atoms with Crippen LogP contribution in [0.3, 0.4) is 0 Å². The number of ether oxygens (including phenoxy) is 2. The number of fused-ring (bicyclic) bond motifs is 1. The normalized spacial score (nSPS) is 21.6. The summed E-state index contributed by atoms with van der Waals surface area (Å²) >= 11 is 0. The second-order valence-corrected chi connectivity index (χ2v) is 8.60. The Morgan fingerprint density at radius 2 is 1.87 bits per heavy atom. The van der Waals surface area contributed by atoms with E-state index in [4.69, 9.17) is 9.47 Å². The fourth-order valence-electron chi connectivity index (χ4n) is 3.76. The van der Waals surface area contributed by atoms with E-state index in [1.54, 1.807) is 25.1 Å². The van der Waals surface area contributed by atoms with Crippen molar-refractivity contribution in [3.05, 3.63) is 23.8 Å². The van der Waals surface area contributed by atoms with Crippen LogP contribution in [0, 0.1) is 5.92 Å². The molecule has 4 amide bonds. The van der Waals surface area contributed by atoms with Gasteiger partial charge < -0.3 is 20.1 Å². The SMILES string of the molecule is CC(C)CCC[C@@H](C)NC(=O)CN1C(=O)N[C@@](C)(c2ccc3c(c2)OCCO3)C1=O. The van der Waals surface area contributed by atoms with Crippen LogP contribution in [-0.2, 0) is 15.1 Å². The summed E-state index contributed by atoms with van der Waals surface area (Å²) in [6.45, 7) is 8.49. The van der Waals surface area contributed by atoms with Crippen molar-refractivity contribution in [2.45, 2.75) is 58.5 Å². The van der Waals surface area contributed by atoms with Gasteiger partial charge in [-0.05, 0) is 43.9 Å². The maximum Gasteiger partial charge on any atom is 0.325 e. The van der Waals surface area contributed by atoms with Crippen LogP contribution in [0.2, 0.25) is 0 Å². The predicted molar refractivity (Wildman–Crippen MR) is 111 cm³/mol. The number of urea groups is 1. The summed E-state index contributed by atoms with van der Waals surface area (Å²) in [6.07, 6.45) is 2.98. The summed E-state index contributed by atoms with van der Waals surface area (Å²) in [5.41, 5.74) is -0.689. The Bertz CT molecular complexity index is 825. The number of nitrogens with zero attached hydrogens (tertiary/aromatic N) is 1. The van der Waals surface area contributed by atoms with Crippen LogP contribution >= 0.6 is 0 Å². The molecule has 0 aromatic heterocycles. The van der Waals surface area contributed by atoms with Gasteiger partial charge in [0.2, 0.25) is 5.91 Å². The van der Waals surface area contributed by atoms with Gasteiger partial charge in [-0.1, -0.05) is 32.8 Å². The maximum atomic E-state index is 13.1. The Labute approximate surface area is 177 Å². The summed E-state index contributed by atoms with van der Waals surface area (Å²) < 4.78 is 11.1. The number of hydrogen-bond acceptors (Lipinski definition) is 5. The third-order valence-corrected chi connectivity index (χ3v) is 5.52. The molecule has 2 aliphatic heterocycles. The van der Waals surface area contributed by atoms with Crippen molar-refractivity contribution in [2.24, 2.45) is 5.92 Å². The molecule has 0 saturated carbocycles. The first kappa shape index (κ1) is 21.9. The fourth-order valence-corrected chi connectivity index (χ4v) is 3.76. The number of carbonyl (C=O) groups is 3. The molecule has 3 rings (SSSR count). The van der Waals surface area contributed by atoms with Crippen LogP contribution in [0.4, 0.5) is 4.79 Å². The molecular weight excluding hydrogens is 386 g/mol. The number of carbonyl (C=O) groups excluding carboxylic acids is 3. The molecular formula is C22H31N3O5. The molecule has 2 atom stereocenters. The van der Waals surface area contributed by atoms with Crippen molar-refractivity contribution in [1.29, 1.82) is 0 Å². The molecule has 1 saturated heterocycles. The van der Waals surface area contributed by atoms with E-state index in [-0.39, 0.29) is 18.5 Å². The summed E-state index contributed by atoms with van der Waals surface area (Å²) in [6, 6.07) is 4.56. The molecule has 0 unspecified atom stereocenters. The van der Waals surface area contributed by atoms with E-state index < -0.39 is 17.5 Å². The number of imide groups is 1. The first-order valence-electron chi connectivity index (χ1n) is 10.5. The van der Waals surface area contributed by atoms with Crippen molar-refractivity contribution in [1.82, 2.24) is 15.5 Å². The van der Waals surface area contributed by atoms with Crippen molar-refractivity contribution in [2.75, 3.05) is 19.8 Å². The van der Waals surface area contributed by atoms with Crippen molar-refractivity contribution in [3.63, 3.8) is 0 Å². The molecule has 2 aliphatic rings. The van der Waals surface area contributed by atoms with E-state index in [2.05, 4.69) is 24.5 Å². The molecule has 0 bridgehead atoms. The lowest BCUT2D eigenvalue weighted by Gasteiger charge is -2.25. The van der Waals surface area contributed by atoms with Gasteiger partial charge in [0, 0.05) is 6.04 Å². The molecule has 8 nitrogen and oxygen atoms in total. The fraction of sp³-hybridized carbons (Fsp3) is 0.591. The number of nitrogens with one attached hydrogen (secondary N) is 2. The molecule has 1 aromatic carbocycles. The predicted octanol–water partition coefficient (Wildman–Crippen LogP) is 2.56. The topological polar surface area (TPSA) is 97.0 Å². The Morgan fingerprint density at radius 1 is 1.17 bits per heavy atom. The highest BCUT2D eigenvalue weighted by Gasteiger charge is 2.49. The summed E-state index contributed by atoms with van der Waals surface area (Å²) in [7, 11) is 0. The van der Waals surface area contributed by atoms with Gasteiger partial charge >= 0.3 is 6.03 Å². The Balaban J connectivity index is 1.63. The van der Waals surface area contributed by atoms with Crippen LogP contribution in [0.1, 0.15) is 52.5 Å². The van der Waals surface area contributed by atoms with Gasteiger partial charge in [-0.2, -0.15) is 0 Å². The highest BCUT2D eigenvalue weighted by Crippen LogP contribution is 2.36. The summed E-state index contributed by atoms with van der Waals surface area (Å²) in [5, 5.41) is 5.60. The van der Waals surface area contributed by atoms with Crippen LogP contribution in [0.5, 0.6) is 11.5 Å². The third-order valence-electron chi connectivity index (χ3n) is 5.52. The van der Waals surface area contributed by atoms with Gasteiger partial charge in [0.15, 0.2) is 11.5 Å². The molecule has 8 heteroatoms. The van der Waals surface area contributed by atoms with Gasteiger partial charge in [0.1, 0.15) is 25.3 Å². The zero-order chi connectivity index (χ0) is 21.9. The average Bonchev–Trinajstić information content (AvgIpc) is 2.91. The van der Waals surface area contributed by atoms with E-state index in [9.17, 15) is 14.4 Å². The molecule has 2 N–H and O–H groups in total. The number of amides is 4. The Morgan fingerprint density at radius 3 is 2.57 bits per heavy atom. The minimum Gasteiger partial charge on any atom is -0.486 e. The highest BCUT2D eigenvalue weighted by atomic mass is 16.6. The second kappa shape index (κ2) is 8.93. The van der Waals surface area contributed by atoms with Crippen LogP contribution in [0.25, 0.3) is 0 Å². The minimum absolute atomic E-state index is 0.0128. The van der Waals surface area contributed by atoms with E-state index in [0.717, 1.165) is 24.2 Å². The van der Waals surface area contributed by atoms with Gasteiger partial charge in [0.05, 0.1) is 0 Å². The van der Waals surface area contributed by atoms with Gasteiger partial charge in [-0.3, -0.25) is 14.5 Å². The Hall–Kier alpha value is -2.77. The van der Waals surface area contributed by atoms with E-state index >= 15 is 0 Å². The standard InChI is InChI=1S/C22H31N3O5/c1-14(2)6-5-7-15(3)23-19(26)13-25-20(27)22(4,24-21(25)28)16-8-9-17-18(12-16)30-11-10-29-17/h8-9,12,14-15H,5-7,10-11,13H2,1-4H3,(H,23,26)(H,24,28)/t15-,22+/m1/s1. The first-order chi connectivity index (χ1) is 14.2. The molecule has 164 valence electrons. The highest BCUT2D eigenvalue weighted by molar-refractivity contribution is 6.09. The average molecular weight is 418 g/mol. The van der Waals surface area contributed by atoms with Crippen LogP contribution in [-0.4, -0.2) is 48.5 Å². The zero-order valence-electron chi connectivity index (χ0n) is 18.1. The van der Waals surface area contributed by atoms with Crippen molar-refractivity contribution >= 4 is 17.8 Å². The smallest absolute Gasteiger partial charge is 0.325 e. The summed E-state index contributed by atoms with van der Waals surface area (Å²) in [5.74, 6) is 0.951. The van der Waals surface area contributed by atoms with Crippen LogP contribution < -0.4 is 20.1 Å². The molecule has 2 heterocycles. The molecule has 1 fully saturated rings. The lowest BCUT2D eigenvalue weighted by atomic mass is 9.91. The van der Waals surface area contributed by atoms with Gasteiger partial charge in [-0.15, -0.1) is 0 Å². The molecule has 0 radical (unpaired) electrons. The van der Waals surface area contributed by atoms with E-state index in [1.165, 1.54) is 0 Å². The lowest BCUT2D eigenvalue weighted by molar-refractivity contribution is -0.135. The van der Waals surface area contributed by atoms with E-state index in [1.807, 2.05) is 6.92 Å². The maximum absolute atomic E-state index is 13.1. The number of benzene rings is 1. The quantitative estimate of drug-likeness (QED) is 0.634. The van der Waals surface area contributed by atoms with Gasteiger partial charge in [0.25, 0.3) is 5.91 Å². The monoisotopic (exact) mass is 417 g/mol. The largest absolute Gasteiger partial charge is 0.486 e. The molecule has 0 spiro atoms. The van der Waals surface area contributed by atoms with Crippen molar-refractivity contribution < 1.29 is 23.9 Å².